The molecule has 14 heavy (non-hydrogen) atoms. The molecule has 8 heteroatoms. The van der Waals surface area contributed by atoms with Gasteiger partial charge in [-0.05, 0) is 6.42 Å². The zero-order chi connectivity index (χ0) is 9.78. The molecule has 0 amide bonds. The molecule has 0 saturated carbocycles. The summed E-state index contributed by atoms with van der Waals surface area (Å²) in [7, 11) is 0. The van der Waals surface area contributed by atoms with Crippen LogP contribution in [0.1, 0.15) is 12.8 Å². The Balaban J connectivity index is -0.000000605. The predicted octanol–water partition coefficient (Wildman–Crippen LogP) is 0.616. The molecule has 0 spiro atoms. The van der Waals surface area contributed by atoms with Gasteiger partial charge in [0.2, 0.25) is 0 Å². The highest BCUT2D eigenvalue weighted by Gasteiger charge is 2.28. The zero-order valence-electron chi connectivity index (χ0n) is 7.28. The third-order valence-corrected chi connectivity index (χ3v) is 1.44. The van der Waals surface area contributed by atoms with Gasteiger partial charge in [0, 0.05) is 6.42 Å². The van der Waals surface area contributed by atoms with Gasteiger partial charge in [-0.2, -0.15) is 0 Å². The molecule has 0 fully saturated rings. The molecular formula is C6H14Cl2F2N2O2. The Kier molecular flexibility index (Phi) is 11.3. The molecule has 88 valence electrons. The average molecular weight is 255 g/mol. The van der Waals surface area contributed by atoms with Gasteiger partial charge in [0.05, 0.1) is 6.54 Å². The van der Waals surface area contributed by atoms with E-state index in [1.165, 1.54) is 0 Å². The van der Waals surface area contributed by atoms with Crippen LogP contribution in [0.4, 0.5) is 8.78 Å². The number of rotatable bonds is 5. The van der Waals surface area contributed by atoms with E-state index in [1.54, 1.807) is 0 Å². The fraction of sp³-hybridized carbons (Fsp3) is 0.833. The smallest absolute Gasteiger partial charge is 0.320 e. The van der Waals surface area contributed by atoms with Gasteiger partial charge in [0.1, 0.15) is 6.04 Å². The van der Waals surface area contributed by atoms with E-state index in [9.17, 15) is 13.6 Å². The average Bonchev–Trinajstić information content (AvgIpc) is 2.00. The lowest BCUT2D eigenvalue weighted by Crippen LogP contribution is -2.34. The summed E-state index contributed by atoms with van der Waals surface area (Å²) >= 11 is 0. The van der Waals surface area contributed by atoms with Crippen molar-refractivity contribution >= 4 is 30.8 Å². The Hall–Kier alpha value is -0.170. The lowest BCUT2D eigenvalue weighted by atomic mass is 10.1. The molecule has 0 aliphatic rings. The monoisotopic (exact) mass is 254 g/mol. The molecule has 0 aromatic rings. The van der Waals surface area contributed by atoms with Crippen molar-refractivity contribution < 1.29 is 18.7 Å². The Bertz CT molecular complexity index is 172. The number of nitrogens with two attached hydrogens (primary N) is 2. The van der Waals surface area contributed by atoms with Crippen LogP contribution in [0.2, 0.25) is 0 Å². The van der Waals surface area contributed by atoms with Crippen LogP contribution in [-0.2, 0) is 4.79 Å². The summed E-state index contributed by atoms with van der Waals surface area (Å²) in [6.07, 6.45) is -0.851. The molecule has 0 radical (unpaired) electrons. The molecule has 0 aromatic carbocycles. The number of hydrogen-bond donors (Lipinski definition) is 3. The summed E-state index contributed by atoms with van der Waals surface area (Å²) in [5, 5.41) is 8.25. The van der Waals surface area contributed by atoms with Crippen LogP contribution in [0.15, 0.2) is 0 Å². The highest BCUT2D eigenvalue weighted by atomic mass is 35.5. The van der Waals surface area contributed by atoms with Gasteiger partial charge in [-0.15, -0.1) is 24.8 Å². The Labute approximate surface area is 92.8 Å². The topological polar surface area (TPSA) is 89.3 Å². The second-order valence-corrected chi connectivity index (χ2v) is 2.54. The summed E-state index contributed by atoms with van der Waals surface area (Å²) in [6, 6.07) is -1.23. The van der Waals surface area contributed by atoms with Gasteiger partial charge >= 0.3 is 5.97 Å². The molecule has 0 aliphatic carbocycles. The highest BCUT2D eigenvalue weighted by Crippen LogP contribution is 2.18. The molecule has 0 aromatic heterocycles. The normalized spacial score (nSPS) is 12.3. The highest BCUT2D eigenvalue weighted by molar-refractivity contribution is 5.85. The maximum Gasteiger partial charge on any atom is 0.320 e. The van der Waals surface area contributed by atoms with Crippen molar-refractivity contribution in [2.24, 2.45) is 11.5 Å². The molecule has 0 saturated heterocycles. The van der Waals surface area contributed by atoms with Crippen molar-refractivity contribution in [3.8, 4) is 0 Å². The number of hydrogen-bond acceptors (Lipinski definition) is 3. The van der Waals surface area contributed by atoms with Crippen LogP contribution in [0.5, 0.6) is 0 Å². The van der Waals surface area contributed by atoms with Crippen molar-refractivity contribution in [2.75, 3.05) is 6.54 Å². The minimum absolute atomic E-state index is 0. The lowest BCUT2D eigenvalue weighted by molar-refractivity contribution is -0.139. The number of alkyl halides is 2. The van der Waals surface area contributed by atoms with Crippen molar-refractivity contribution in [3.63, 3.8) is 0 Å². The third-order valence-electron chi connectivity index (χ3n) is 1.44. The largest absolute Gasteiger partial charge is 0.480 e. The minimum atomic E-state index is -3.01. The SMILES string of the molecule is Cl.Cl.NCC(F)(F)CC[C@H](N)C(=O)O. The number of carboxylic acids is 1. The first-order valence-electron chi connectivity index (χ1n) is 3.45. The van der Waals surface area contributed by atoms with Gasteiger partial charge < -0.3 is 16.6 Å². The van der Waals surface area contributed by atoms with Crippen LogP contribution in [-0.4, -0.2) is 29.6 Å². The van der Waals surface area contributed by atoms with Gasteiger partial charge in [-0.25, -0.2) is 8.78 Å². The summed E-state index contributed by atoms with van der Waals surface area (Å²) < 4.78 is 24.8. The van der Waals surface area contributed by atoms with Crippen molar-refractivity contribution in [3.05, 3.63) is 0 Å². The van der Waals surface area contributed by atoms with Crippen LogP contribution >= 0.6 is 24.8 Å². The molecule has 0 heterocycles. The van der Waals surface area contributed by atoms with Crippen LogP contribution in [0.3, 0.4) is 0 Å². The first-order valence-corrected chi connectivity index (χ1v) is 3.45. The predicted molar refractivity (Wildman–Crippen MR) is 53.3 cm³/mol. The quantitative estimate of drug-likeness (QED) is 0.671. The molecule has 0 rings (SSSR count). The van der Waals surface area contributed by atoms with E-state index < -0.39 is 30.9 Å². The van der Waals surface area contributed by atoms with E-state index in [0.717, 1.165) is 0 Å². The number of carbonyl (C=O) groups is 1. The van der Waals surface area contributed by atoms with Crippen molar-refractivity contribution in [1.29, 1.82) is 0 Å². The summed E-state index contributed by atoms with van der Waals surface area (Å²) in [6.45, 7) is -0.778. The summed E-state index contributed by atoms with van der Waals surface area (Å²) in [5.74, 6) is -4.28. The fourth-order valence-corrected chi connectivity index (χ4v) is 0.592. The molecule has 1 atom stereocenters. The van der Waals surface area contributed by atoms with Crippen LogP contribution in [0, 0.1) is 0 Å². The van der Waals surface area contributed by atoms with Crippen LogP contribution < -0.4 is 11.5 Å². The van der Waals surface area contributed by atoms with E-state index in [2.05, 4.69) is 0 Å². The van der Waals surface area contributed by atoms with Crippen molar-refractivity contribution in [2.45, 2.75) is 24.8 Å². The number of halogens is 4. The molecule has 5 N–H and O–H groups in total. The molecule has 0 unspecified atom stereocenters. The Morgan fingerprint density at radius 1 is 1.43 bits per heavy atom. The van der Waals surface area contributed by atoms with E-state index in [1.807, 2.05) is 0 Å². The molecule has 4 nitrogen and oxygen atoms in total. The fourth-order valence-electron chi connectivity index (χ4n) is 0.592. The van der Waals surface area contributed by atoms with Crippen LogP contribution in [0.25, 0.3) is 0 Å². The summed E-state index contributed by atoms with van der Waals surface area (Å²) in [5.41, 5.74) is 9.74. The van der Waals surface area contributed by atoms with E-state index in [4.69, 9.17) is 16.6 Å². The van der Waals surface area contributed by atoms with E-state index in [-0.39, 0.29) is 31.2 Å². The zero-order valence-corrected chi connectivity index (χ0v) is 8.91. The first-order chi connectivity index (χ1) is 5.39. The van der Waals surface area contributed by atoms with E-state index >= 15 is 0 Å². The number of aliphatic carboxylic acids is 1. The Morgan fingerprint density at radius 3 is 2.14 bits per heavy atom. The molecule has 0 aliphatic heterocycles. The number of carboxylic acid groups (broad SMARTS) is 1. The molecular weight excluding hydrogens is 241 g/mol. The van der Waals surface area contributed by atoms with Gasteiger partial charge in [-0.3, -0.25) is 4.79 Å². The standard InChI is InChI=1S/C6H12F2N2O2.2ClH/c7-6(8,3-9)2-1-4(10)5(11)12;;/h4H,1-3,9-10H2,(H,11,12);2*1H/t4-;;/m0../s1. The maximum atomic E-state index is 12.4. The van der Waals surface area contributed by atoms with Crippen molar-refractivity contribution in [1.82, 2.24) is 0 Å². The Morgan fingerprint density at radius 2 is 1.86 bits per heavy atom. The maximum absolute atomic E-state index is 12.4. The van der Waals surface area contributed by atoms with Gasteiger partial charge in [0.15, 0.2) is 0 Å². The second kappa shape index (κ2) is 8.16. The van der Waals surface area contributed by atoms with E-state index in [0.29, 0.717) is 0 Å². The minimum Gasteiger partial charge on any atom is -0.480 e. The van der Waals surface area contributed by atoms with Gasteiger partial charge in [-0.1, -0.05) is 0 Å². The first kappa shape index (κ1) is 19.4. The third kappa shape index (κ3) is 8.43. The lowest BCUT2D eigenvalue weighted by Gasteiger charge is -2.14. The van der Waals surface area contributed by atoms with Gasteiger partial charge in [0.25, 0.3) is 5.92 Å². The summed E-state index contributed by atoms with van der Waals surface area (Å²) in [4.78, 5) is 10.1. The second-order valence-electron chi connectivity index (χ2n) is 2.54. The molecule has 0 bridgehead atoms.